The summed E-state index contributed by atoms with van der Waals surface area (Å²) < 4.78 is 11.5. The van der Waals surface area contributed by atoms with E-state index in [0.29, 0.717) is 42.1 Å². The van der Waals surface area contributed by atoms with Gasteiger partial charge in [-0.25, -0.2) is 29.7 Å². The summed E-state index contributed by atoms with van der Waals surface area (Å²) in [6.45, 7) is 6.58. The summed E-state index contributed by atoms with van der Waals surface area (Å²) in [6.07, 6.45) is 3.02. The molecule has 2 fully saturated rings. The number of carbonyl (C=O) groups excluding carboxylic acids is 1. The molecule has 5 heterocycles. The van der Waals surface area contributed by atoms with Gasteiger partial charge in [0.25, 0.3) is 0 Å². The smallest absolute Gasteiger partial charge is 0.319 e. The van der Waals surface area contributed by atoms with Gasteiger partial charge in [-0.1, -0.05) is 0 Å². The molecule has 212 valence electrons. The van der Waals surface area contributed by atoms with Gasteiger partial charge < -0.3 is 25.4 Å². The zero-order valence-electron chi connectivity index (χ0n) is 22.5. The Kier molecular flexibility index (Phi) is 8.78. The number of nitrogens with zero attached hydrogens (tertiary/aromatic N) is 6. The molecule has 6 rings (SSSR count). The Morgan fingerprint density at radius 1 is 1.00 bits per heavy atom. The Hall–Kier alpha value is -3.88. The fourth-order valence-electron chi connectivity index (χ4n) is 4.53. The van der Waals surface area contributed by atoms with E-state index in [4.69, 9.17) is 24.4 Å². The fourth-order valence-corrected chi connectivity index (χ4v) is 5.51. The van der Waals surface area contributed by atoms with Crippen molar-refractivity contribution in [3.63, 3.8) is 0 Å². The lowest BCUT2D eigenvalue weighted by atomic mass is 10.2. The molecule has 13 heteroatoms. The van der Waals surface area contributed by atoms with Crippen molar-refractivity contribution in [1.82, 2.24) is 40.5 Å². The van der Waals surface area contributed by atoms with Crippen LogP contribution in [0.15, 0.2) is 54.9 Å². The predicted octanol–water partition coefficient (Wildman–Crippen LogP) is 2.87. The Balaban J connectivity index is 1.19. The van der Waals surface area contributed by atoms with Crippen molar-refractivity contribution in [3.05, 3.63) is 71.4 Å². The number of hydrogen-bond donors (Lipinski definition) is 3. The zero-order chi connectivity index (χ0) is 27.9. The van der Waals surface area contributed by atoms with E-state index in [0.717, 1.165) is 49.8 Å². The highest BCUT2D eigenvalue weighted by molar-refractivity contribution is 7.15. The van der Waals surface area contributed by atoms with Crippen LogP contribution in [0.1, 0.15) is 22.6 Å². The van der Waals surface area contributed by atoms with Gasteiger partial charge in [0, 0.05) is 61.2 Å². The number of anilines is 1. The third kappa shape index (κ3) is 7.26. The summed E-state index contributed by atoms with van der Waals surface area (Å²) in [7, 11) is 0. The minimum atomic E-state index is -0.345. The van der Waals surface area contributed by atoms with Gasteiger partial charge in [0.15, 0.2) is 17.5 Å². The van der Waals surface area contributed by atoms with E-state index >= 15 is 0 Å². The second kappa shape index (κ2) is 13.2. The van der Waals surface area contributed by atoms with E-state index in [1.54, 1.807) is 29.8 Å². The standard InChI is InChI=1S/C28H31N9O3S/c38-28(32-17-24-30-8-1-9-31-24)33-20-4-2-19(3-5-20)25-34-26(22-16-29-10-13-40-22)36-27(35-25)23-7-6-21(41-23)18-37-11-14-39-15-12-37/h1-9,22,29H,10-18H2,(H2,32,33,38). The molecule has 2 amide bonds. The number of morpholine rings is 2. The van der Waals surface area contributed by atoms with E-state index in [1.165, 1.54) is 4.88 Å². The highest BCUT2D eigenvalue weighted by Crippen LogP contribution is 2.30. The van der Waals surface area contributed by atoms with Crippen molar-refractivity contribution in [2.75, 3.05) is 51.3 Å². The molecular formula is C28H31N9O3S. The van der Waals surface area contributed by atoms with Gasteiger partial charge in [-0.2, -0.15) is 0 Å². The molecule has 2 aliphatic heterocycles. The average Bonchev–Trinajstić information content (AvgIpc) is 3.50. The first-order chi connectivity index (χ1) is 20.2. The maximum absolute atomic E-state index is 12.4. The molecule has 3 aromatic heterocycles. The lowest BCUT2D eigenvalue weighted by molar-refractivity contribution is 0.0221. The Morgan fingerprint density at radius 3 is 2.59 bits per heavy atom. The van der Waals surface area contributed by atoms with Crippen LogP contribution in [0.3, 0.4) is 0 Å². The van der Waals surface area contributed by atoms with E-state index in [-0.39, 0.29) is 18.7 Å². The maximum atomic E-state index is 12.4. The molecule has 1 aromatic carbocycles. The SMILES string of the molecule is O=C(NCc1ncccn1)Nc1ccc(-c2nc(-c3ccc(CN4CCOCC4)s3)nc(C3CNCCO3)n2)cc1. The first kappa shape index (κ1) is 27.3. The zero-order valence-corrected chi connectivity index (χ0v) is 23.3. The third-order valence-electron chi connectivity index (χ3n) is 6.66. The van der Waals surface area contributed by atoms with Gasteiger partial charge in [0.1, 0.15) is 11.9 Å². The molecule has 0 aliphatic carbocycles. The van der Waals surface area contributed by atoms with Crippen molar-refractivity contribution in [2.45, 2.75) is 19.2 Å². The van der Waals surface area contributed by atoms with E-state index in [9.17, 15) is 4.79 Å². The van der Waals surface area contributed by atoms with Gasteiger partial charge in [0.2, 0.25) is 0 Å². The number of amides is 2. The average molecular weight is 574 g/mol. The van der Waals surface area contributed by atoms with Crippen molar-refractivity contribution >= 4 is 23.1 Å². The molecule has 0 bridgehead atoms. The van der Waals surface area contributed by atoms with Crippen LogP contribution in [0, 0.1) is 0 Å². The monoisotopic (exact) mass is 573 g/mol. The second-order valence-corrected chi connectivity index (χ2v) is 10.8. The molecule has 2 aliphatic rings. The number of urea groups is 1. The molecule has 2 saturated heterocycles. The normalized spacial score (nSPS) is 17.7. The van der Waals surface area contributed by atoms with Gasteiger partial charge in [-0.15, -0.1) is 11.3 Å². The van der Waals surface area contributed by atoms with E-state index < -0.39 is 0 Å². The van der Waals surface area contributed by atoms with Crippen molar-refractivity contribution in [1.29, 1.82) is 0 Å². The van der Waals surface area contributed by atoms with Crippen LogP contribution >= 0.6 is 11.3 Å². The van der Waals surface area contributed by atoms with Crippen LogP contribution in [-0.4, -0.2) is 81.9 Å². The largest absolute Gasteiger partial charge is 0.379 e. The number of nitrogens with one attached hydrogen (secondary N) is 3. The molecule has 1 atom stereocenters. The minimum absolute atomic E-state index is 0.232. The van der Waals surface area contributed by atoms with Crippen LogP contribution in [0.2, 0.25) is 0 Å². The Morgan fingerprint density at radius 2 is 1.80 bits per heavy atom. The first-order valence-corrected chi connectivity index (χ1v) is 14.4. The molecule has 0 spiro atoms. The van der Waals surface area contributed by atoms with Crippen LogP contribution in [-0.2, 0) is 22.6 Å². The van der Waals surface area contributed by atoms with Gasteiger partial charge in [-0.3, -0.25) is 4.90 Å². The number of carbonyl (C=O) groups is 1. The topological polar surface area (TPSA) is 139 Å². The molecule has 41 heavy (non-hydrogen) atoms. The van der Waals surface area contributed by atoms with Crippen molar-refractivity contribution in [3.8, 4) is 22.1 Å². The Bertz CT molecular complexity index is 1440. The molecule has 4 aromatic rings. The third-order valence-corrected chi connectivity index (χ3v) is 7.73. The number of ether oxygens (including phenoxy) is 2. The van der Waals surface area contributed by atoms with Gasteiger partial charge in [-0.05, 0) is 42.5 Å². The Labute approximate surface area is 241 Å². The summed E-state index contributed by atoms with van der Waals surface area (Å²) in [5.74, 6) is 2.32. The minimum Gasteiger partial charge on any atom is -0.379 e. The summed E-state index contributed by atoms with van der Waals surface area (Å²) in [5, 5.41) is 8.94. The highest BCUT2D eigenvalue weighted by Gasteiger charge is 2.22. The highest BCUT2D eigenvalue weighted by atomic mass is 32.1. The lowest BCUT2D eigenvalue weighted by Gasteiger charge is -2.25. The van der Waals surface area contributed by atoms with Crippen LogP contribution < -0.4 is 16.0 Å². The summed E-state index contributed by atoms with van der Waals surface area (Å²) >= 11 is 1.70. The van der Waals surface area contributed by atoms with Crippen molar-refractivity contribution < 1.29 is 14.3 Å². The molecular weight excluding hydrogens is 542 g/mol. The number of thiophene rings is 1. The van der Waals surface area contributed by atoms with Crippen LogP contribution in [0.5, 0.6) is 0 Å². The number of hydrogen-bond acceptors (Lipinski definition) is 11. The summed E-state index contributed by atoms with van der Waals surface area (Å²) in [4.78, 5) is 39.7. The van der Waals surface area contributed by atoms with Crippen LogP contribution in [0.25, 0.3) is 22.1 Å². The van der Waals surface area contributed by atoms with Gasteiger partial charge >= 0.3 is 6.03 Å². The molecule has 3 N–H and O–H groups in total. The number of benzene rings is 1. The van der Waals surface area contributed by atoms with E-state index in [1.807, 2.05) is 24.3 Å². The molecule has 12 nitrogen and oxygen atoms in total. The van der Waals surface area contributed by atoms with Crippen molar-refractivity contribution in [2.24, 2.45) is 0 Å². The summed E-state index contributed by atoms with van der Waals surface area (Å²) in [6, 6.07) is 13.0. The molecule has 0 saturated carbocycles. The molecule has 1 unspecified atom stereocenters. The van der Waals surface area contributed by atoms with E-state index in [2.05, 4.69) is 43.0 Å². The number of aromatic nitrogens is 5. The predicted molar refractivity (Wildman–Crippen MR) is 154 cm³/mol. The second-order valence-electron chi connectivity index (χ2n) is 9.61. The summed E-state index contributed by atoms with van der Waals surface area (Å²) in [5.41, 5.74) is 1.45. The van der Waals surface area contributed by atoms with Gasteiger partial charge in [0.05, 0.1) is 31.2 Å². The van der Waals surface area contributed by atoms with Crippen LogP contribution in [0.4, 0.5) is 10.5 Å². The first-order valence-electron chi connectivity index (χ1n) is 13.6. The number of rotatable bonds is 8. The quantitative estimate of drug-likeness (QED) is 0.288. The maximum Gasteiger partial charge on any atom is 0.319 e. The molecule has 0 radical (unpaired) electrons. The fraction of sp³-hybridized carbons (Fsp3) is 0.357. The lowest BCUT2D eigenvalue weighted by Crippen LogP contribution is -2.35.